The van der Waals surface area contributed by atoms with Crippen LogP contribution in [0.2, 0.25) is 0 Å². The molecule has 0 heterocycles. The van der Waals surface area contributed by atoms with Crippen molar-refractivity contribution in [2.24, 2.45) is 5.41 Å². The van der Waals surface area contributed by atoms with Gasteiger partial charge in [0.2, 0.25) is 0 Å². The third kappa shape index (κ3) is 30.1. The van der Waals surface area contributed by atoms with Gasteiger partial charge < -0.3 is 4.48 Å². The van der Waals surface area contributed by atoms with Crippen LogP contribution in [0.15, 0.2) is 0 Å². The first kappa shape index (κ1) is 58.0. The first-order valence-electron chi connectivity index (χ1n) is 28.1. The van der Waals surface area contributed by atoms with E-state index in [-0.39, 0.29) is 0 Å². The quantitative estimate of drug-likeness (QED) is 0.0424. The molecule has 0 saturated carbocycles. The maximum absolute atomic E-state index is 2.68. The highest BCUT2D eigenvalue weighted by Crippen LogP contribution is 2.55. The van der Waals surface area contributed by atoms with E-state index in [1.807, 2.05) is 0 Å². The molecule has 0 fully saturated rings. The van der Waals surface area contributed by atoms with Crippen molar-refractivity contribution in [1.82, 2.24) is 0 Å². The monoisotopic (exact) mass is 817 g/mol. The van der Waals surface area contributed by atoms with Crippen LogP contribution in [-0.4, -0.2) is 31.2 Å². The van der Waals surface area contributed by atoms with Gasteiger partial charge in [0.1, 0.15) is 5.54 Å². The van der Waals surface area contributed by atoms with Gasteiger partial charge in [0, 0.05) is 18.3 Å². The van der Waals surface area contributed by atoms with Crippen LogP contribution >= 0.6 is 0 Å². The Kier molecular flexibility index (Phi) is 42.2. The molecule has 0 amide bonds. The maximum Gasteiger partial charge on any atom is 0.104 e. The molecule has 0 aliphatic rings. The minimum Gasteiger partial charge on any atom is -0.326 e. The highest BCUT2D eigenvalue weighted by Gasteiger charge is 2.57. The molecule has 0 bridgehead atoms. The second-order valence-corrected chi connectivity index (χ2v) is 21.2. The van der Waals surface area contributed by atoms with Crippen LogP contribution in [0.3, 0.4) is 0 Å². The molecule has 58 heavy (non-hydrogen) atoms. The molecule has 0 aliphatic carbocycles. The average molecular weight is 818 g/mol. The SMILES string of the molecule is CCCCCCCCCCCCC(CCCCCCCCCC)(CCCCCCCCCC)C(CCCCCCCCCC)(CCCCCCCCCC)[N+](C)(C)C. The lowest BCUT2D eigenvalue weighted by atomic mass is 9.56. The molecule has 1 heteroatoms. The van der Waals surface area contributed by atoms with Crippen molar-refractivity contribution in [1.29, 1.82) is 0 Å². The number of nitrogens with zero attached hydrogens (tertiary/aromatic N) is 1. The largest absolute Gasteiger partial charge is 0.326 e. The van der Waals surface area contributed by atoms with Crippen molar-refractivity contribution in [3.05, 3.63) is 0 Å². The number of hydrogen-bond acceptors (Lipinski definition) is 0. The lowest BCUT2D eigenvalue weighted by Crippen LogP contribution is -2.66. The first-order chi connectivity index (χ1) is 28.3. The highest BCUT2D eigenvalue weighted by atomic mass is 15.4. The standard InChI is InChI=1S/C57H118N/c1-9-14-19-24-29-34-35-38-43-48-53-56(51-46-41-36-30-25-20-15-10-2,52-47-42-37-31-26-21-16-11-3)57(58(6,7)8,54-49-44-39-32-27-22-17-12-4)55-50-45-40-33-28-23-18-13-5/h9-55H2,1-8H3/q+1. The Morgan fingerprint density at radius 1 is 0.207 bits per heavy atom. The summed E-state index contributed by atoms with van der Waals surface area (Å²) in [6.45, 7) is 11.8. The van der Waals surface area contributed by atoms with Crippen molar-refractivity contribution >= 4 is 0 Å². The molecule has 0 saturated heterocycles. The van der Waals surface area contributed by atoms with E-state index < -0.39 is 0 Å². The van der Waals surface area contributed by atoms with E-state index >= 15 is 0 Å². The molecule has 0 aliphatic heterocycles. The van der Waals surface area contributed by atoms with Gasteiger partial charge in [-0.15, -0.1) is 0 Å². The summed E-state index contributed by atoms with van der Waals surface area (Å²) < 4.78 is 1.20. The predicted molar refractivity (Wildman–Crippen MR) is 269 cm³/mol. The average Bonchev–Trinajstić information content (AvgIpc) is 3.21. The molecule has 0 spiro atoms. The zero-order valence-corrected chi connectivity index (χ0v) is 42.7. The highest BCUT2D eigenvalue weighted by molar-refractivity contribution is 5.00. The van der Waals surface area contributed by atoms with Gasteiger partial charge in [-0.25, -0.2) is 0 Å². The fraction of sp³-hybridized carbons (Fsp3) is 1.00. The van der Waals surface area contributed by atoms with Gasteiger partial charge in [-0.05, 0) is 32.1 Å². The molecule has 0 rings (SSSR count). The number of hydrogen-bond donors (Lipinski definition) is 0. The minimum atomic E-state index is 0.402. The summed E-state index contributed by atoms with van der Waals surface area (Å²) >= 11 is 0. The van der Waals surface area contributed by atoms with Crippen molar-refractivity contribution in [2.45, 2.75) is 342 Å². The molecule has 350 valence electrons. The Labute approximate surface area is 371 Å². The van der Waals surface area contributed by atoms with E-state index in [4.69, 9.17) is 0 Å². The maximum atomic E-state index is 2.68. The second-order valence-electron chi connectivity index (χ2n) is 21.2. The van der Waals surface area contributed by atoms with E-state index in [1.165, 1.54) is 306 Å². The molecular weight excluding hydrogens is 699 g/mol. The van der Waals surface area contributed by atoms with Crippen molar-refractivity contribution < 1.29 is 4.48 Å². The van der Waals surface area contributed by atoms with E-state index in [1.54, 1.807) is 0 Å². The van der Waals surface area contributed by atoms with Crippen LogP contribution in [-0.2, 0) is 0 Å². The number of rotatable bonds is 49. The third-order valence-corrected chi connectivity index (χ3v) is 15.2. The van der Waals surface area contributed by atoms with Gasteiger partial charge in [0.25, 0.3) is 0 Å². The topological polar surface area (TPSA) is 0 Å². The Morgan fingerprint density at radius 3 is 0.534 bits per heavy atom. The van der Waals surface area contributed by atoms with Gasteiger partial charge in [-0.3, -0.25) is 0 Å². The van der Waals surface area contributed by atoms with Crippen molar-refractivity contribution in [2.75, 3.05) is 21.1 Å². The Hall–Kier alpha value is -0.0400. The van der Waals surface area contributed by atoms with Gasteiger partial charge in [0.05, 0.1) is 21.1 Å². The zero-order valence-electron chi connectivity index (χ0n) is 42.7. The molecule has 0 N–H and O–H groups in total. The molecule has 1 nitrogen and oxygen atoms in total. The Balaban J connectivity index is 6.42. The molecular formula is C57H118N+. The fourth-order valence-electron chi connectivity index (χ4n) is 11.4. The van der Waals surface area contributed by atoms with E-state index in [0.29, 0.717) is 11.0 Å². The normalized spacial score (nSPS) is 12.6. The summed E-state index contributed by atoms with van der Waals surface area (Å²) in [7, 11) is 8.05. The molecule has 0 aromatic carbocycles. The predicted octanol–water partition coefficient (Wildman–Crippen LogP) is 20.9. The zero-order chi connectivity index (χ0) is 42.7. The lowest BCUT2D eigenvalue weighted by Gasteiger charge is -2.59. The van der Waals surface area contributed by atoms with Gasteiger partial charge in [-0.1, -0.05) is 291 Å². The Morgan fingerprint density at radius 2 is 0.362 bits per heavy atom. The van der Waals surface area contributed by atoms with Crippen LogP contribution in [0.1, 0.15) is 336 Å². The number of unbranched alkanes of at least 4 members (excludes halogenated alkanes) is 37. The summed E-state index contributed by atoms with van der Waals surface area (Å²) in [6.07, 6.45) is 68.6. The van der Waals surface area contributed by atoms with Crippen LogP contribution in [0.5, 0.6) is 0 Å². The van der Waals surface area contributed by atoms with Crippen LogP contribution < -0.4 is 0 Å². The van der Waals surface area contributed by atoms with Gasteiger partial charge >= 0.3 is 0 Å². The summed E-state index contributed by atoms with van der Waals surface area (Å²) in [5.41, 5.74) is 0.886. The summed E-state index contributed by atoms with van der Waals surface area (Å²) in [4.78, 5) is 0. The summed E-state index contributed by atoms with van der Waals surface area (Å²) in [6, 6.07) is 0. The molecule has 0 aromatic rings. The third-order valence-electron chi connectivity index (χ3n) is 15.2. The van der Waals surface area contributed by atoms with Gasteiger partial charge in [0.15, 0.2) is 0 Å². The van der Waals surface area contributed by atoms with Crippen molar-refractivity contribution in [3.63, 3.8) is 0 Å². The molecule has 0 radical (unpaired) electrons. The minimum absolute atomic E-state index is 0.402. The smallest absolute Gasteiger partial charge is 0.104 e. The van der Waals surface area contributed by atoms with E-state index in [0.717, 1.165) is 0 Å². The summed E-state index contributed by atoms with van der Waals surface area (Å²) in [5, 5.41) is 0. The van der Waals surface area contributed by atoms with Crippen LogP contribution in [0.25, 0.3) is 0 Å². The Bertz CT molecular complexity index is 737. The molecule has 0 aromatic heterocycles. The van der Waals surface area contributed by atoms with Crippen LogP contribution in [0.4, 0.5) is 0 Å². The van der Waals surface area contributed by atoms with Crippen molar-refractivity contribution in [3.8, 4) is 0 Å². The molecule has 0 atom stereocenters. The van der Waals surface area contributed by atoms with E-state index in [2.05, 4.69) is 55.8 Å². The molecule has 0 unspecified atom stereocenters. The van der Waals surface area contributed by atoms with Gasteiger partial charge in [-0.2, -0.15) is 0 Å². The first-order valence-corrected chi connectivity index (χ1v) is 28.1. The fourth-order valence-corrected chi connectivity index (χ4v) is 11.4. The van der Waals surface area contributed by atoms with Crippen LogP contribution in [0, 0.1) is 5.41 Å². The lowest BCUT2D eigenvalue weighted by molar-refractivity contribution is -0.935. The second kappa shape index (κ2) is 42.3. The number of quaternary nitrogens is 1. The van der Waals surface area contributed by atoms with E-state index in [9.17, 15) is 0 Å². The summed E-state index contributed by atoms with van der Waals surface area (Å²) in [5.74, 6) is 0.